The number of aromatic nitrogens is 1. The maximum absolute atomic E-state index is 13.7. The molecule has 24 heavy (non-hydrogen) atoms. The minimum Gasteiger partial charge on any atom is -0.338 e. The molecule has 120 valence electrons. The van der Waals surface area contributed by atoms with E-state index in [0.717, 1.165) is 0 Å². The van der Waals surface area contributed by atoms with E-state index in [1.807, 2.05) is 6.07 Å². The molecule has 0 aliphatic rings. The van der Waals surface area contributed by atoms with Gasteiger partial charge in [-0.05, 0) is 36.4 Å². The van der Waals surface area contributed by atoms with Crippen LogP contribution in [0.5, 0.6) is 0 Å². The zero-order valence-corrected chi connectivity index (χ0v) is 13.2. The van der Waals surface area contributed by atoms with E-state index < -0.39 is 11.7 Å². The van der Waals surface area contributed by atoms with Crippen LogP contribution < -0.4 is 10.6 Å². The van der Waals surface area contributed by atoms with Crippen LogP contribution in [0.3, 0.4) is 0 Å². The van der Waals surface area contributed by atoms with Crippen LogP contribution in [0.1, 0.15) is 10.4 Å². The summed E-state index contributed by atoms with van der Waals surface area (Å²) in [6, 6.07) is 16.3. The van der Waals surface area contributed by atoms with E-state index in [4.69, 9.17) is 11.6 Å². The minimum absolute atomic E-state index is 0.107. The van der Waals surface area contributed by atoms with E-state index in [1.54, 1.807) is 48.7 Å². The fourth-order valence-corrected chi connectivity index (χ4v) is 2.31. The molecule has 4 nitrogen and oxygen atoms in total. The third kappa shape index (κ3) is 3.52. The molecule has 0 spiro atoms. The first kappa shape index (κ1) is 16.0. The van der Waals surface area contributed by atoms with Crippen molar-refractivity contribution < 1.29 is 9.18 Å². The molecule has 2 N–H and O–H groups in total. The predicted molar refractivity (Wildman–Crippen MR) is 93.3 cm³/mol. The van der Waals surface area contributed by atoms with Crippen molar-refractivity contribution in [3.8, 4) is 0 Å². The second kappa shape index (κ2) is 7.10. The molecule has 0 aliphatic heterocycles. The highest BCUT2D eigenvalue weighted by Crippen LogP contribution is 2.26. The average molecular weight is 342 g/mol. The van der Waals surface area contributed by atoms with E-state index >= 15 is 0 Å². The molecule has 1 heterocycles. The number of carbonyl (C=O) groups excluding carboxylic acids is 1. The Morgan fingerprint density at radius 3 is 2.42 bits per heavy atom. The molecule has 1 amide bonds. The van der Waals surface area contributed by atoms with Gasteiger partial charge in [0.05, 0.1) is 22.0 Å². The monoisotopic (exact) mass is 341 g/mol. The summed E-state index contributed by atoms with van der Waals surface area (Å²) in [7, 11) is 0. The number of carbonyl (C=O) groups is 1. The van der Waals surface area contributed by atoms with Gasteiger partial charge in [0.15, 0.2) is 0 Å². The predicted octanol–water partition coefficient (Wildman–Crippen LogP) is 4.87. The smallest absolute Gasteiger partial charge is 0.259 e. The van der Waals surface area contributed by atoms with Crippen LogP contribution in [0.15, 0.2) is 66.9 Å². The first-order valence-corrected chi connectivity index (χ1v) is 7.55. The van der Waals surface area contributed by atoms with E-state index in [-0.39, 0.29) is 11.3 Å². The second-order valence-corrected chi connectivity index (χ2v) is 5.35. The normalized spacial score (nSPS) is 10.2. The number of benzene rings is 2. The summed E-state index contributed by atoms with van der Waals surface area (Å²) in [5, 5.41) is 6.07. The van der Waals surface area contributed by atoms with Crippen molar-refractivity contribution in [3.05, 3.63) is 83.3 Å². The molecule has 0 saturated carbocycles. The van der Waals surface area contributed by atoms with Gasteiger partial charge in [0, 0.05) is 6.20 Å². The number of anilines is 3. The SMILES string of the molecule is O=C(Nc1ccccc1F)c1cccnc1Nc1ccccc1Cl. The lowest BCUT2D eigenvalue weighted by atomic mass is 10.2. The molecular weight excluding hydrogens is 329 g/mol. The number of nitrogens with zero attached hydrogens (tertiary/aromatic N) is 1. The Morgan fingerprint density at radius 1 is 0.958 bits per heavy atom. The Kier molecular flexibility index (Phi) is 4.72. The highest BCUT2D eigenvalue weighted by atomic mass is 35.5. The minimum atomic E-state index is -0.504. The molecule has 3 aromatic rings. The largest absolute Gasteiger partial charge is 0.338 e. The Balaban J connectivity index is 1.88. The molecule has 0 atom stereocenters. The highest BCUT2D eigenvalue weighted by molar-refractivity contribution is 6.33. The van der Waals surface area contributed by atoms with Crippen molar-refractivity contribution in [3.63, 3.8) is 0 Å². The van der Waals surface area contributed by atoms with E-state index in [0.29, 0.717) is 16.5 Å². The summed E-state index contributed by atoms with van der Waals surface area (Å²) in [6.45, 7) is 0. The zero-order valence-electron chi connectivity index (χ0n) is 12.5. The molecule has 2 aromatic carbocycles. The lowest BCUT2D eigenvalue weighted by Gasteiger charge is -2.12. The quantitative estimate of drug-likeness (QED) is 0.711. The first-order valence-electron chi connectivity index (χ1n) is 7.17. The van der Waals surface area contributed by atoms with Crippen LogP contribution in [0, 0.1) is 5.82 Å². The van der Waals surface area contributed by atoms with Gasteiger partial charge in [-0.25, -0.2) is 9.37 Å². The van der Waals surface area contributed by atoms with Crippen molar-refractivity contribution >= 4 is 34.7 Å². The number of pyridine rings is 1. The molecule has 1 aromatic heterocycles. The van der Waals surface area contributed by atoms with Gasteiger partial charge in [-0.3, -0.25) is 4.79 Å². The van der Waals surface area contributed by atoms with E-state index in [9.17, 15) is 9.18 Å². The fraction of sp³-hybridized carbons (Fsp3) is 0. The fourth-order valence-electron chi connectivity index (χ4n) is 2.13. The zero-order chi connectivity index (χ0) is 16.9. The molecule has 0 unspecified atom stereocenters. The highest BCUT2D eigenvalue weighted by Gasteiger charge is 2.15. The summed E-state index contributed by atoms with van der Waals surface area (Å²) >= 11 is 6.12. The molecule has 0 bridgehead atoms. The van der Waals surface area contributed by atoms with E-state index in [2.05, 4.69) is 15.6 Å². The van der Waals surface area contributed by atoms with Crippen LogP contribution in [-0.2, 0) is 0 Å². The van der Waals surface area contributed by atoms with Crippen molar-refractivity contribution in [2.45, 2.75) is 0 Å². The number of nitrogens with one attached hydrogen (secondary N) is 2. The molecule has 3 rings (SSSR count). The van der Waals surface area contributed by atoms with Gasteiger partial charge in [0.25, 0.3) is 5.91 Å². The van der Waals surface area contributed by atoms with Crippen LogP contribution in [0.25, 0.3) is 0 Å². The second-order valence-electron chi connectivity index (χ2n) is 4.94. The van der Waals surface area contributed by atoms with Crippen LogP contribution in [-0.4, -0.2) is 10.9 Å². The maximum Gasteiger partial charge on any atom is 0.259 e. The molecule has 0 fully saturated rings. The third-order valence-corrected chi connectivity index (χ3v) is 3.63. The van der Waals surface area contributed by atoms with Crippen LogP contribution >= 0.6 is 11.6 Å². The number of halogens is 2. The Hall–Kier alpha value is -2.92. The summed E-state index contributed by atoms with van der Waals surface area (Å²) < 4.78 is 13.7. The van der Waals surface area contributed by atoms with Crippen LogP contribution in [0.4, 0.5) is 21.6 Å². The van der Waals surface area contributed by atoms with Gasteiger partial charge >= 0.3 is 0 Å². The van der Waals surface area contributed by atoms with Crippen LogP contribution in [0.2, 0.25) is 5.02 Å². The maximum atomic E-state index is 13.7. The summed E-state index contributed by atoms with van der Waals surface area (Å²) in [4.78, 5) is 16.6. The van der Waals surface area contributed by atoms with Gasteiger partial charge in [-0.1, -0.05) is 35.9 Å². The summed E-state index contributed by atoms with van der Waals surface area (Å²) in [6.07, 6.45) is 1.55. The van der Waals surface area contributed by atoms with Gasteiger partial charge in [0.1, 0.15) is 11.6 Å². The molecule has 6 heteroatoms. The van der Waals surface area contributed by atoms with Crippen molar-refractivity contribution in [2.24, 2.45) is 0 Å². The van der Waals surface area contributed by atoms with E-state index in [1.165, 1.54) is 12.1 Å². The summed E-state index contributed by atoms with van der Waals surface area (Å²) in [5.41, 5.74) is 1.01. The van der Waals surface area contributed by atoms with Crippen molar-refractivity contribution in [1.82, 2.24) is 4.98 Å². The third-order valence-electron chi connectivity index (χ3n) is 3.30. The Labute approximate surface area is 143 Å². The number of hydrogen-bond donors (Lipinski definition) is 2. The number of para-hydroxylation sites is 2. The summed E-state index contributed by atoms with van der Waals surface area (Å²) in [5.74, 6) is -0.641. The average Bonchev–Trinajstić information content (AvgIpc) is 2.59. The lowest BCUT2D eigenvalue weighted by molar-refractivity contribution is 0.102. The Morgan fingerprint density at radius 2 is 1.67 bits per heavy atom. The molecule has 0 aliphatic carbocycles. The standard InChI is InChI=1S/C18H13ClFN3O/c19-13-7-1-3-9-15(13)22-17-12(6-5-11-21-17)18(24)23-16-10-4-2-8-14(16)20/h1-11H,(H,21,22)(H,23,24). The van der Waals surface area contributed by atoms with Gasteiger partial charge < -0.3 is 10.6 Å². The number of amides is 1. The topological polar surface area (TPSA) is 54.0 Å². The number of rotatable bonds is 4. The molecule has 0 saturated heterocycles. The number of hydrogen-bond acceptors (Lipinski definition) is 3. The van der Waals surface area contributed by atoms with Crippen molar-refractivity contribution in [1.29, 1.82) is 0 Å². The Bertz CT molecular complexity index is 885. The van der Waals surface area contributed by atoms with Gasteiger partial charge in [0.2, 0.25) is 0 Å². The lowest BCUT2D eigenvalue weighted by Crippen LogP contribution is -2.15. The first-order chi connectivity index (χ1) is 11.6. The molecular formula is C18H13ClFN3O. The van der Waals surface area contributed by atoms with Gasteiger partial charge in [-0.15, -0.1) is 0 Å². The molecule has 0 radical (unpaired) electrons. The van der Waals surface area contributed by atoms with Crippen molar-refractivity contribution in [2.75, 3.05) is 10.6 Å². The van der Waals surface area contributed by atoms with Gasteiger partial charge in [-0.2, -0.15) is 0 Å².